The zero-order valence-corrected chi connectivity index (χ0v) is 8.19. The minimum absolute atomic E-state index is 0.0468. The molecule has 1 fully saturated rings. The van der Waals surface area contributed by atoms with E-state index in [2.05, 4.69) is 0 Å². The van der Waals surface area contributed by atoms with Crippen LogP contribution in [0.15, 0.2) is 24.3 Å². The fourth-order valence-corrected chi connectivity index (χ4v) is 1.64. The standard InChI is InChI=1S/C11H13NO2/c1-9-4-2-3-5-10(9)12-6-7-14-8-11(12)13/h2-5H,6-8H2,1H3. The van der Waals surface area contributed by atoms with E-state index in [9.17, 15) is 4.79 Å². The van der Waals surface area contributed by atoms with Gasteiger partial charge in [0.1, 0.15) is 6.61 Å². The van der Waals surface area contributed by atoms with Crippen LogP contribution in [0.5, 0.6) is 0 Å². The molecule has 1 aromatic carbocycles. The molecule has 14 heavy (non-hydrogen) atoms. The van der Waals surface area contributed by atoms with Gasteiger partial charge in [0.25, 0.3) is 5.91 Å². The first-order valence-electron chi connectivity index (χ1n) is 4.73. The summed E-state index contributed by atoms with van der Waals surface area (Å²) in [5.74, 6) is 0.0468. The predicted molar refractivity (Wildman–Crippen MR) is 54.4 cm³/mol. The smallest absolute Gasteiger partial charge is 0.253 e. The highest BCUT2D eigenvalue weighted by molar-refractivity contribution is 5.95. The quantitative estimate of drug-likeness (QED) is 0.670. The van der Waals surface area contributed by atoms with Gasteiger partial charge in [-0.25, -0.2) is 0 Å². The molecule has 0 radical (unpaired) electrons. The van der Waals surface area contributed by atoms with Crippen molar-refractivity contribution in [1.29, 1.82) is 0 Å². The molecule has 0 bridgehead atoms. The molecule has 1 heterocycles. The lowest BCUT2D eigenvalue weighted by Gasteiger charge is -2.28. The summed E-state index contributed by atoms with van der Waals surface area (Å²) in [5.41, 5.74) is 2.13. The minimum Gasteiger partial charge on any atom is -0.370 e. The highest BCUT2D eigenvalue weighted by Crippen LogP contribution is 2.20. The predicted octanol–water partition coefficient (Wildman–Crippen LogP) is 1.36. The van der Waals surface area contributed by atoms with Gasteiger partial charge in [-0.05, 0) is 18.6 Å². The van der Waals surface area contributed by atoms with Crippen LogP contribution in [0, 0.1) is 6.92 Å². The normalized spacial score (nSPS) is 17.2. The summed E-state index contributed by atoms with van der Waals surface area (Å²) < 4.78 is 5.08. The molecule has 0 N–H and O–H groups in total. The van der Waals surface area contributed by atoms with Crippen molar-refractivity contribution in [2.45, 2.75) is 6.92 Å². The molecule has 1 aliphatic heterocycles. The summed E-state index contributed by atoms with van der Waals surface area (Å²) in [6.45, 7) is 3.50. The van der Waals surface area contributed by atoms with E-state index in [1.165, 1.54) is 0 Å². The number of hydrogen-bond acceptors (Lipinski definition) is 2. The van der Waals surface area contributed by atoms with Crippen LogP contribution >= 0.6 is 0 Å². The number of morpholine rings is 1. The van der Waals surface area contributed by atoms with Crippen LogP contribution in [-0.2, 0) is 9.53 Å². The Labute approximate surface area is 83.3 Å². The van der Waals surface area contributed by atoms with Gasteiger partial charge in [0.05, 0.1) is 6.61 Å². The molecule has 3 nitrogen and oxygen atoms in total. The number of rotatable bonds is 1. The molecule has 1 aromatic rings. The third-order valence-electron chi connectivity index (χ3n) is 2.39. The summed E-state index contributed by atoms with van der Waals surface area (Å²) in [5, 5.41) is 0. The molecule has 1 amide bonds. The van der Waals surface area contributed by atoms with Gasteiger partial charge in [-0.15, -0.1) is 0 Å². The fourth-order valence-electron chi connectivity index (χ4n) is 1.64. The van der Waals surface area contributed by atoms with E-state index in [4.69, 9.17) is 4.74 Å². The first kappa shape index (κ1) is 9.21. The summed E-state index contributed by atoms with van der Waals surface area (Å²) in [6, 6.07) is 7.91. The summed E-state index contributed by atoms with van der Waals surface area (Å²) in [4.78, 5) is 13.3. The number of para-hydroxylation sites is 1. The van der Waals surface area contributed by atoms with Crippen LogP contribution in [0.1, 0.15) is 5.56 Å². The first-order valence-corrected chi connectivity index (χ1v) is 4.73. The van der Waals surface area contributed by atoms with Crippen molar-refractivity contribution in [3.8, 4) is 0 Å². The number of ether oxygens (including phenoxy) is 1. The second kappa shape index (κ2) is 3.80. The van der Waals surface area contributed by atoms with Crippen molar-refractivity contribution < 1.29 is 9.53 Å². The highest BCUT2D eigenvalue weighted by atomic mass is 16.5. The van der Waals surface area contributed by atoms with Crippen LogP contribution in [0.4, 0.5) is 5.69 Å². The van der Waals surface area contributed by atoms with Gasteiger partial charge in [0.2, 0.25) is 0 Å². The molecule has 0 saturated carbocycles. The average molecular weight is 191 g/mol. The number of carbonyl (C=O) groups is 1. The number of hydrogen-bond donors (Lipinski definition) is 0. The van der Waals surface area contributed by atoms with E-state index in [0.717, 1.165) is 11.3 Å². The number of benzene rings is 1. The van der Waals surface area contributed by atoms with E-state index >= 15 is 0 Å². The van der Waals surface area contributed by atoms with Crippen LogP contribution in [0.2, 0.25) is 0 Å². The third kappa shape index (κ3) is 1.63. The minimum atomic E-state index is 0.0468. The maximum absolute atomic E-state index is 11.5. The molecule has 0 atom stereocenters. The molecule has 0 aromatic heterocycles. The number of carbonyl (C=O) groups excluding carboxylic acids is 1. The van der Waals surface area contributed by atoms with Gasteiger partial charge in [-0.1, -0.05) is 18.2 Å². The first-order chi connectivity index (χ1) is 6.79. The lowest BCUT2D eigenvalue weighted by atomic mass is 10.1. The van der Waals surface area contributed by atoms with Crippen molar-refractivity contribution in [2.24, 2.45) is 0 Å². The van der Waals surface area contributed by atoms with Gasteiger partial charge < -0.3 is 9.64 Å². The largest absolute Gasteiger partial charge is 0.370 e. The number of nitrogens with zero attached hydrogens (tertiary/aromatic N) is 1. The number of anilines is 1. The third-order valence-corrected chi connectivity index (χ3v) is 2.39. The fraction of sp³-hybridized carbons (Fsp3) is 0.364. The molecule has 2 rings (SSSR count). The van der Waals surface area contributed by atoms with Crippen LogP contribution in [-0.4, -0.2) is 25.7 Å². The van der Waals surface area contributed by atoms with Crippen LogP contribution in [0.25, 0.3) is 0 Å². The Hall–Kier alpha value is -1.35. The Morgan fingerprint density at radius 1 is 1.36 bits per heavy atom. The zero-order valence-electron chi connectivity index (χ0n) is 8.19. The van der Waals surface area contributed by atoms with Crippen LogP contribution < -0.4 is 4.90 Å². The molecular weight excluding hydrogens is 178 g/mol. The average Bonchev–Trinajstić information content (AvgIpc) is 2.20. The lowest BCUT2D eigenvalue weighted by Crippen LogP contribution is -2.41. The van der Waals surface area contributed by atoms with Gasteiger partial charge in [-0.2, -0.15) is 0 Å². The molecule has 3 heteroatoms. The summed E-state index contributed by atoms with van der Waals surface area (Å²) >= 11 is 0. The van der Waals surface area contributed by atoms with Crippen molar-refractivity contribution in [3.05, 3.63) is 29.8 Å². The Kier molecular flexibility index (Phi) is 2.50. The van der Waals surface area contributed by atoms with Gasteiger partial charge in [0.15, 0.2) is 0 Å². The lowest BCUT2D eigenvalue weighted by molar-refractivity contribution is -0.125. The van der Waals surface area contributed by atoms with E-state index in [-0.39, 0.29) is 12.5 Å². The van der Waals surface area contributed by atoms with E-state index in [1.807, 2.05) is 31.2 Å². The maximum Gasteiger partial charge on any atom is 0.253 e. The second-order valence-corrected chi connectivity index (χ2v) is 3.38. The molecule has 1 aliphatic rings. The van der Waals surface area contributed by atoms with E-state index < -0.39 is 0 Å². The molecule has 74 valence electrons. The highest BCUT2D eigenvalue weighted by Gasteiger charge is 2.20. The van der Waals surface area contributed by atoms with Crippen LogP contribution in [0.3, 0.4) is 0 Å². The maximum atomic E-state index is 11.5. The Morgan fingerprint density at radius 3 is 2.86 bits per heavy atom. The summed E-state index contributed by atoms with van der Waals surface area (Å²) in [7, 11) is 0. The molecule has 1 saturated heterocycles. The van der Waals surface area contributed by atoms with Gasteiger partial charge >= 0.3 is 0 Å². The Bertz CT molecular complexity index is 349. The van der Waals surface area contributed by atoms with E-state index in [1.54, 1.807) is 4.90 Å². The van der Waals surface area contributed by atoms with Crippen molar-refractivity contribution >= 4 is 11.6 Å². The molecule has 0 spiro atoms. The van der Waals surface area contributed by atoms with Crippen molar-refractivity contribution in [1.82, 2.24) is 0 Å². The number of aryl methyl sites for hydroxylation is 1. The topological polar surface area (TPSA) is 29.5 Å². The van der Waals surface area contributed by atoms with Crippen molar-refractivity contribution in [2.75, 3.05) is 24.7 Å². The molecule has 0 unspecified atom stereocenters. The van der Waals surface area contributed by atoms with Gasteiger partial charge in [0, 0.05) is 12.2 Å². The molecule has 0 aliphatic carbocycles. The number of amides is 1. The second-order valence-electron chi connectivity index (χ2n) is 3.38. The Balaban J connectivity index is 2.29. The SMILES string of the molecule is Cc1ccccc1N1CCOCC1=O. The zero-order chi connectivity index (χ0) is 9.97. The van der Waals surface area contributed by atoms with Crippen molar-refractivity contribution in [3.63, 3.8) is 0 Å². The van der Waals surface area contributed by atoms with Gasteiger partial charge in [-0.3, -0.25) is 4.79 Å². The van der Waals surface area contributed by atoms with E-state index in [0.29, 0.717) is 13.2 Å². The Morgan fingerprint density at radius 2 is 2.14 bits per heavy atom. The summed E-state index contributed by atoms with van der Waals surface area (Å²) in [6.07, 6.45) is 0. The monoisotopic (exact) mass is 191 g/mol. The molecular formula is C11H13NO2.